The summed E-state index contributed by atoms with van der Waals surface area (Å²) in [5, 5.41) is 3.47. The maximum Gasteiger partial charge on any atom is 0.00975 e. The van der Waals surface area contributed by atoms with E-state index in [1.807, 2.05) is 0 Å². The number of hydrogen-bond donors (Lipinski definition) is 2. The molecule has 0 unspecified atom stereocenters. The van der Waals surface area contributed by atoms with E-state index in [2.05, 4.69) is 49.7 Å². The maximum absolute atomic E-state index is 5.94. The molecular formula is C15H26N2S. The van der Waals surface area contributed by atoms with Gasteiger partial charge in [-0.1, -0.05) is 12.1 Å². The third-order valence-electron chi connectivity index (χ3n) is 2.92. The zero-order chi connectivity index (χ0) is 13.4. The van der Waals surface area contributed by atoms with Gasteiger partial charge in [0.25, 0.3) is 0 Å². The van der Waals surface area contributed by atoms with Gasteiger partial charge < -0.3 is 11.1 Å². The molecule has 0 radical (unpaired) electrons. The monoisotopic (exact) mass is 266 g/mol. The fraction of sp³-hybridized carbons (Fsp3) is 0.600. The van der Waals surface area contributed by atoms with Crippen molar-refractivity contribution in [2.75, 3.05) is 19.3 Å². The Morgan fingerprint density at radius 1 is 1.17 bits per heavy atom. The number of nitrogens with two attached hydrogens (primary N) is 1. The van der Waals surface area contributed by atoms with Crippen LogP contribution in [0.3, 0.4) is 0 Å². The van der Waals surface area contributed by atoms with Crippen molar-refractivity contribution in [3.63, 3.8) is 0 Å². The molecule has 0 aliphatic rings. The summed E-state index contributed by atoms with van der Waals surface area (Å²) in [5.74, 6) is 0. The Bertz CT molecular complexity index is 327. The van der Waals surface area contributed by atoms with Gasteiger partial charge in [0.05, 0.1) is 0 Å². The van der Waals surface area contributed by atoms with Crippen LogP contribution in [0.15, 0.2) is 29.2 Å². The molecule has 0 fully saturated rings. The Morgan fingerprint density at radius 3 is 2.39 bits per heavy atom. The fourth-order valence-corrected chi connectivity index (χ4v) is 2.23. The van der Waals surface area contributed by atoms with Gasteiger partial charge in [0.2, 0.25) is 0 Å². The molecule has 102 valence electrons. The van der Waals surface area contributed by atoms with Crippen molar-refractivity contribution in [3.05, 3.63) is 29.8 Å². The zero-order valence-electron chi connectivity index (χ0n) is 11.8. The first-order valence-electron chi connectivity index (χ1n) is 6.64. The van der Waals surface area contributed by atoms with Crippen LogP contribution in [0, 0.1) is 0 Å². The van der Waals surface area contributed by atoms with Crippen LogP contribution in [0.1, 0.15) is 32.3 Å². The molecule has 1 aromatic carbocycles. The molecule has 0 aliphatic heterocycles. The predicted molar refractivity (Wildman–Crippen MR) is 82.3 cm³/mol. The lowest BCUT2D eigenvalue weighted by molar-refractivity contribution is 0.449. The summed E-state index contributed by atoms with van der Waals surface area (Å²) in [6, 6.07) is 8.82. The highest BCUT2D eigenvalue weighted by Gasteiger charge is 2.08. The van der Waals surface area contributed by atoms with E-state index in [1.54, 1.807) is 11.8 Å². The van der Waals surface area contributed by atoms with Crippen LogP contribution in [-0.2, 0) is 6.42 Å². The van der Waals surface area contributed by atoms with E-state index in [4.69, 9.17) is 5.73 Å². The van der Waals surface area contributed by atoms with E-state index in [0.29, 0.717) is 0 Å². The second-order valence-electron chi connectivity index (χ2n) is 5.44. The Morgan fingerprint density at radius 2 is 1.83 bits per heavy atom. The standard InChI is InChI=1S/C15H26N2S/c1-15(2,16)10-4-11-17-12-9-13-5-7-14(18-3)8-6-13/h5-8,17H,4,9-12,16H2,1-3H3. The van der Waals surface area contributed by atoms with Crippen molar-refractivity contribution in [1.82, 2.24) is 5.32 Å². The molecule has 1 aromatic rings. The zero-order valence-corrected chi connectivity index (χ0v) is 12.6. The highest BCUT2D eigenvalue weighted by molar-refractivity contribution is 7.98. The van der Waals surface area contributed by atoms with Gasteiger partial charge in [0, 0.05) is 10.4 Å². The van der Waals surface area contributed by atoms with E-state index in [-0.39, 0.29) is 5.54 Å². The summed E-state index contributed by atoms with van der Waals surface area (Å²) in [7, 11) is 0. The Kier molecular flexibility index (Phi) is 6.76. The number of thioether (sulfide) groups is 1. The SMILES string of the molecule is CSc1ccc(CCNCCCC(C)(C)N)cc1. The molecular weight excluding hydrogens is 240 g/mol. The maximum atomic E-state index is 5.94. The quantitative estimate of drug-likeness (QED) is 0.561. The second kappa shape index (κ2) is 7.82. The highest BCUT2D eigenvalue weighted by Crippen LogP contribution is 2.14. The first-order valence-corrected chi connectivity index (χ1v) is 7.86. The van der Waals surface area contributed by atoms with Crippen molar-refractivity contribution in [2.24, 2.45) is 5.73 Å². The fourth-order valence-electron chi connectivity index (χ4n) is 1.82. The van der Waals surface area contributed by atoms with Crippen molar-refractivity contribution in [2.45, 2.75) is 43.5 Å². The van der Waals surface area contributed by atoms with E-state index in [1.165, 1.54) is 10.5 Å². The van der Waals surface area contributed by atoms with E-state index < -0.39 is 0 Å². The molecule has 2 nitrogen and oxygen atoms in total. The Balaban J connectivity index is 2.10. The van der Waals surface area contributed by atoms with Gasteiger partial charge in [-0.25, -0.2) is 0 Å². The smallest absolute Gasteiger partial charge is 0.00975 e. The van der Waals surface area contributed by atoms with Crippen LogP contribution in [-0.4, -0.2) is 24.9 Å². The molecule has 0 heterocycles. The molecule has 0 saturated heterocycles. The first kappa shape index (κ1) is 15.5. The van der Waals surface area contributed by atoms with Crippen molar-refractivity contribution in [3.8, 4) is 0 Å². The molecule has 0 atom stereocenters. The van der Waals surface area contributed by atoms with Gasteiger partial charge in [-0.2, -0.15) is 0 Å². The van der Waals surface area contributed by atoms with Gasteiger partial charge in [-0.3, -0.25) is 0 Å². The Hall–Kier alpha value is -0.510. The number of rotatable bonds is 8. The largest absolute Gasteiger partial charge is 0.326 e. The molecule has 0 spiro atoms. The summed E-state index contributed by atoms with van der Waals surface area (Å²) in [5.41, 5.74) is 7.31. The summed E-state index contributed by atoms with van der Waals surface area (Å²) in [6.07, 6.45) is 5.42. The average molecular weight is 266 g/mol. The van der Waals surface area contributed by atoms with E-state index in [0.717, 1.165) is 32.4 Å². The van der Waals surface area contributed by atoms with Gasteiger partial charge in [-0.15, -0.1) is 11.8 Å². The summed E-state index contributed by atoms with van der Waals surface area (Å²) >= 11 is 1.79. The minimum absolute atomic E-state index is 0.0324. The van der Waals surface area contributed by atoms with Crippen LogP contribution in [0.5, 0.6) is 0 Å². The molecule has 0 amide bonds. The molecule has 18 heavy (non-hydrogen) atoms. The molecule has 3 heteroatoms. The third-order valence-corrected chi connectivity index (χ3v) is 3.67. The highest BCUT2D eigenvalue weighted by atomic mass is 32.2. The molecule has 0 aliphatic carbocycles. The van der Waals surface area contributed by atoms with Gasteiger partial charge in [0.1, 0.15) is 0 Å². The number of benzene rings is 1. The predicted octanol–water partition coefficient (Wildman–Crippen LogP) is 3.06. The minimum atomic E-state index is -0.0324. The minimum Gasteiger partial charge on any atom is -0.326 e. The third kappa shape index (κ3) is 7.04. The summed E-state index contributed by atoms with van der Waals surface area (Å²) < 4.78 is 0. The van der Waals surface area contributed by atoms with Gasteiger partial charge >= 0.3 is 0 Å². The van der Waals surface area contributed by atoms with Crippen LogP contribution in [0.4, 0.5) is 0 Å². The lowest BCUT2D eigenvalue weighted by Gasteiger charge is -2.17. The topological polar surface area (TPSA) is 38.0 Å². The normalized spacial score (nSPS) is 11.8. The molecule has 1 rings (SSSR count). The molecule has 3 N–H and O–H groups in total. The average Bonchev–Trinajstić information content (AvgIpc) is 2.33. The van der Waals surface area contributed by atoms with Crippen molar-refractivity contribution < 1.29 is 0 Å². The van der Waals surface area contributed by atoms with Gasteiger partial charge in [0.15, 0.2) is 0 Å². The molecule has 0 aromatic heterocycles. The van der Waals surface area contributed by atoms with Crippen LogP contribution >= 0.6 is 11.8 Å². The Labute approximate surface area is 116 Å². The van der Waals surface area contributed by atoms with Crippen molar-refractivity contribution in [1.29, 1.82) is 0 Å². The summed E-state index contributed by atoms with van der Waals surface area (Å²) in [6.45, 7) is 6.27. The lowest BCUT2D eigenvalue weighted by Crippen LogP contribution is -2.33. The molecule has 0 bridgehead atoms. The van der Waals surface area contributed by atoms with Crippen LogP contribution < -0.4 is 11.1 Å². The summed E-state index contributed by atoms with van der Waals surface area (Å²) in [4.78, 5) is 1.33. The number of hydrogen-bond acceptors (Lipinski definition) is 3. The van der Waals surface area contributed by atoms with Gasteiger partial charge in [-0.05, 0) is 70.2 Å². The van der Waals surface area contributed by atoms with E-state index >= 15 is 0 Å². The van der Waals surface area contributed by atoms with Crippen LogP contribution in [0.25, 0.3) is 0 Å². The van der Waals surface area contributed by atoms with E-state index in [9.17, 15) is 0 Å². The lowest BCUT2D eigenvalue weighted by atomic mass is 10.0. The molecule has 0 saturated carbocycles. The van der Waals surface area contributed by atoms with Crippen LogP contribution in [0.2, 0.25) is 0 Å². The second-order valence-corrected chi connectivity index (χ2v) is 6.32. The van der Waals surface area contributed by atoms with Crippen molar-refractivity contribution >= 4 is 11.8 Å². The number of nitrogens with one attached hydrogen (secondary N) is 1. The first-order chi connectivity index (χ1) is 8.51.